The van der Waals surface area contributed by atoms with Gasteiger partial charge in [-0.1, -0.05) is 0 Å². The quantitative estimate of drug-likeness (QED) is 0.693. The zero-order valence-electron chi connectivity index (χ0n) is 8.81. The lowest BCUT2D eigenvalue weighted by Gasteiger charge is -2.49. The van der Waals surface area contributed by atoms with E-state index in [2.05, 4.69) is 20.8 Å². The van der Waals surface area contributed by atoms with Crippen molar-refractivity contribution in [2.24, 2.45) is 7.05 Å². The largest absolute Gasteiger partial charge is 0.372 e. The second-order valence-corrected chi connectivity index (χ2v) is 4.31. The second kappa shape index (κ2) is 3.24. The normalized spacial score (nSPS) is 29.0. The first-order valence-electron chi connectivity index (χ1n) is 5.41. The Bertz CT molecular complexity index is 359. The third kappa shape index (κ3) is 1.28. The SMILES string of the molecule is Cn1nnnc1C1NCCOC12CCC2. The molecule has 1 N–H and O–H groups in total. The molecule has 2 aliphatic rings. The smallest absolute Gasteiger partial charge is 0.170 e. The van der Waals surface area contributed by atoms with Crippen molar-refractivity contribution in [3.63, 3.8) is 0 Å². The number of rotatable bonds is 1. The number of ether oxygens (including phenoxy) is 1. The van der Waals surface area contributed by atoms with Crippen LogP contribution in [0.15, 0.2) is 0 Å². The van der Waals surface area contributed by atoms with Crippen LogP contribution in [-0.4, -0.2) is 39.0 Å². The number of nitrogens with one attached hydrogen (secondary N) is 1. The molecule has 6 nitrogen and oxygen atoms in total. The fourth-order valence-electron chi connectivity index (χ4n) is 2.49. The Balaban J connectivity index is 1.92. The van der Waals surface area contributed by atoms with E-state index in [9.17, 15) is 0 Å². The third-order valence-corrected chi connectivity index (χ3v) is 3.48. The molecule has 2 fully saturated rings. The second-order valence-electron chi connectivity index (χ2n) is 4.31. The molecule has 3 rings (SSSR count). The fraction of sp³-hybridized carbons (Fsp3) is 0.889. The van der Waals surface area contributed by atoms with Gasteiger partial charge in [0.25, 0.3) is 0 Å². The van der Waals surface area contributed by atoms with Gasteiger partial charge in [0.1, 0.15) is 0 Å². The van der Waals surface area contributed by atoms with Crippen LogP contribution < -0.4 is 5.32 Å². The average molecular weight is 209 g/mol. The maximum absolute atomic E-state index is 5.92. The van der Waals surface area contributed by atoms with Gasteiger partial charge in [0.15, 0.2) is 5.82 Å². The van der Waals surface area contributed by atoms with Crippen LogP contribution in [0.1, 0.15) is 31.1 Å². The molecule has 1 aromatic rings. The molecule has 6 heteroatoms. The van der Waals surface area contributed by atoms with Crippen LogP contribution in [-0.2, 0) is 11.8 Å². The number of hydrogen-bond acceptors (Lipinski definition) is 5. The van der Waals surface area contributed by atoms with Gasteiger partial charge in [-0.15, -0.1) is 5.10 Å². The summed E-state index contributed by atoms with van der Waals surface area (Å²) in [6, 6.07) is 0.153. The lowest BCUT2D eigenvalue weighted by molar-refractivity contribution is -0.148. The Labute approximate surface area is 88.0 Å². The minimum Gasteiger partial charge on any atom is -0.372 e. The van der Waals surface area contributed by atoms with Gasteiger partial charge in [0, 0.05) is 13.6 Å². The fourth-order valence-corrected chi connectivity index (χ4v) is 2.49. The van der Waals surface area contributed by atoms with E-state index >= 15 is 0 Å². The summed E-state index contributed by atoms with van der Waals surface area (Å²) in [6.07, 6.45) is 3.46. The predicted molar refractivity (Wildman–Crippen MR) is 52.1 cm³/mol. The maximum atomic E-state index is 5.92. The van der Waals surface area contributed by atoms with Crippen molar-refractivity contribution in [3.8, 4) is 0 Å². The van der Waals surface area contributed by atoms with E-state index in [0.29, 0.717) is 0 Å². The molecule has 0 radical (unpaired) electrons. The molecular formula is C9H15N5O. The molecular weight excluding hydrogens is 194 g/mol. The summed E-state index contributed by atoms with van der Waals surface area (Å²) in [5, 5.41) is 15.1. The van der Waals surface area contributed by atoms with Gasteiger partial charge in [0.05, 0.1) is 18.2 Å². The molecule has 82 valence electrons. The zero-order valence-corrected chi connectivity index (χ0v) is 8.81. The monoisotopic (exact) mass is 209 g/mol. The van der Waals surface area contributed by atoms with Crippen LogP contribution >= 0.6 is 0 Å². The van der Waals surface area contributed by atoms with Gasteiger partial charge in [-0.2, -0.15) is 0 Å². The van der Waals surface area contributed by atoms with Crippen LogP contribution in [0.5, 0.6) is 0 Å². The molecule has 15 heavy (non-hydrogen) atoms. The molecule has 1 aromatic heterocycles. The highest BCUT2D eigenvalue weighted by atomic mass is 16.5. The average Bonchev–Trinajstić information content (AvgIpc) is 2.62. The number of aryl methyl sites for hydroxylation is 1. The number of hydrogen-bond donors (Lipinski definition) is 1. The van der Waals surface area contributed by atoms with Gasteiger partial charge in [-0.05, 0) is 29.7 Å². The van der Waals surface area contributed by atoms with Gasteiger partial charge in [-0.25, -0.2) is 4.68 Å². The minimum atomic E-state index is -0.0409. The van der Waals surface area contributed by atoms with E-state index < -0.39 is 0 Å². The Morgan fingerprint density at radius 3 is 3.00 bits per heavy atom. The molecule has 0 amide bonds. The van der Waals surface area contributed by atoms with Gasteiger partial charge >= 0.3 is 0 Å². The van der Waals surface area contributed by atoms with E-state index in [1.54, 1.807) is 4.68 Å². The molecule has 1 saturated carbocycles. The van der Waals surface area contributed by atoms with Crippen LogP contribution in [0.3, 0.4) is 0 Å². The first-order chi connectivity index (χ1) is 7.32. The summed E-state index contributed by atoms with van der Waals surface area (Å²) >= 11 is 0. The summed E-state index contributed by atoms with van der Waals surface area (Å²) in [5.74, 6) is 0.884. The van der Waals surface area contributed by atoms with Crippen LogP contribution in [0.2, 0.25) is 0 Å². The Kier molecular flexibility index (Phi) is 2.00. The molecule has 1 spiro atoms. The van der Waals surface area contributed by atoms with Crippen molar-refractivity contribution in [2.75, 3.05) is 13.2 Å². The Morgan fingerprint density at radius 1 is 1.53 bits per heavy atom. The number of morpholine rings is 1. The van der Waals surface area contributed by atoms with Crippen molar-refractivity contribution in [1.82, 2.24) is 25.5 Å². The van der Waals surface area contributed by atoms with Gasteiger partial charge in [-0.3, -0.25) is 0 Å². The van der Waals surface area contributed by atoms with E-state index in [4.69, 9.17) is 4.74 Å². The van der Waals surface area contributed by atoms with Crippen LogP contribution in [0, 0.1) is 0 Å². The topological polar surface area (TPSA) is 64.9 Å². The van der Waals surface area contributed by atoms with Gasteiger partial charge in [0.2, 0.25) is 0 Å². The van der Waals surface area contributed by atoms with Crippen molar-refractivity contribution in [1.29, 1.82) is 0 Å². The number of nitrogens with zero attached hydrogens (tertiary/aromatic N) is 4. The summed E-state index contributed by atoms with van der Waals surface area (Å²) in [4.78, 5) is 0. The van der Waals surface area contributed by atoms with E-state index in [1.165, 1.54) is 6.42 Å². The molecule has 1 saturated heterocycles. The first kappa shape index (κ1) is 9.23. The number of tetrazole rings is 1. The molecule has 0 bridgehead atoms. The van der Waals surface area contributed by atoms with Crippen molar-refractivity contribution in [2.45, 2.75) is 30.9 Å². The summed E-state index contributed by atoms with van der Waals surface area (Å²) in [7, 11) is 1.87. The Morgan fingerprint density at radius 2 is 2.40 bits per heavy atom. The standard InChI is InChI=1S/C9H15N5O/c1-14-8(11-12-13-14)7-9(3-2-4-9)15-6-5-10-7/h7,10H,2-6H2,1H3. The first-order valence-corrected chi connectivity index (χ1v) is 5.41. The van der Waals surface area contributed by atoms with Crippen molar-refractivity contribution < 1.29 is 4.74 Å². The third-order valence-electron chi connectivity index (χ3n) is 3.48. The number of aromatic nitrogens is 4. The molecule has 1 atom stereocenters. The highest BCUT2D eigenvalue weighted by Gasteiger charge is 2.49. The predicted octanol–water partition coefficient (Wildman–Crippen LogP) is -0.206. The lowest BCUT2D eigenvalue weighted by Crippen LogP contribution is -2.56. The minimum absolute atomic E-state index is 0.0409. The molecule has 1 unspecified atom stereocenters. The van der Waals surface area contributed by atoms with Crippen LogP contribution in [0.4, 0.5) is 0 Å². The van der Waals surface area contributed by atoms with E-state index in [0.717, 1.165) is 31.8 Å². The van der Waals surface area contributed by atoms with E-state index in [1.807, 2.05) is 7.05 Å². The highest BCUT2D eigenvalue weighted by Crippen LogP contribution is 2.45. The molecule has 0 aromatic carbocycles. The molecule has 1 aliphatic heterocycles. The van der Waals surface area contributed by atoms with E-state index in [-0.39, 0.29) is 11.6 Å². The highest BCUT2D eigenvalue weighted by molar-refractivity contribution is 5.09. The molecule has 2 heterocycles. The lowest BCUT2D eigenvalue weighted by atomic mass is 9.73. The van der Waals surface area contributed by atoms with Gasteiger partial charge < -0.3 is 10.1 Å². The van der Waals surface area contributed by atoms with Crippen molar-refractivity contribution >= 4 is 0 Å². The summed E-state index contributed by atoms with van der Waals surface area (Å²) < 4.78 is 7.65. The maximum Gasteiger partial charge on any atom is 0.170 e. The Hall–Kier alpha value is -1.01. The zero-order chi connectivity index (χ0) is 10.3. The molecule has 1 aliphatic carbocycles. The van der Waals surface area contributed by atoms with Crippen molar-refractivity contribution in [3.05, 3.63) is 5.82 Å². The van der Waals surface area contributed by atoms with Crippen LogP contribution in [0.25, 0.3) is 0 Å². The summed E-state index contributed by atoms with van der Waals surface area (Å²) in [6.45, 7) is 1.67. The summed E-state index contributed by atoms with van der Waals surface area (Å²) in [5.41, 5.74) is -0.0409.